The summed E-state index contributed by atoms with van der Waals surface area (Å²) in [5, 5.41) is 3.00. The predicted molar refractivity (Wildman–Crippen MR) is 66.8 cm³/mol. The molecule has 0 aromatic heterocycles. The van der Waals surface area contributed by atoms with Gasteiger partial charge in [0.15, 0.2) is 6.73 Å². The molecule has 2 aromatic carbocycles. The van der Waals surface area contributed by atoms with E-state index >= 15 is 0 Å². The fourth-order valence-corrected chi connectivity index (χ4v) is 1.40. The molecular formula is C14H13NO2. The van der Waals surface area contributed by atoms with Crippen LogP contribution in [0, 0.1) is 0 Å². The molecule has 86 valence electrons. The lowest BCUT2D eigenvalue weighted by Gasteiger charge is -2.07. The highest BCUT2D eigenvalue weighted by molar-refractivity contribution is 5.89. The van der Waals surface area contributed by atoms with Crippen molar-refractivity contribution in [2.24, 2.45) is 0 Å². The largest absolute Gasteiger partial charge is 0.441 e. The van der Waals surface area contributed by atoms with Crippen molar-refractivity contribution in [2.45, 2.75) is 0 Å². The van der Waals surface area contributed by atoms with Crippen molar-refractivity contribution in [1.29, 1.82) is 0 Å². The molecule has 0 atom stereocenters. The summed E-state index contributed by atoms with van der Waals surface area (Å²) in [5.74, 6) is -0.325. The van der Waals surface area contributed by atoms with Crippen molar-refractivity contribution in [1.82, 2.24) is 0 Å². The van der Waals surface area contributed by atoms with E-state index in [-0.39, 0.29) is 12.7 Å². The number of benzene rings is 2. The Hall–Kier alpha value is -2.29. The average Bonchev–Trinajstić information content (AvgIpc) is 2.41. The minimum atomic E-state index is -0.325. The van der Waals surface area contributed by atoms with E-state index in [2.05, 4.69) is 5.32 Å². The fraction of sp³-hybridized carbons (Fsp3) is 0.0714. The minimum absolute atomic E-state index is 0.164. The predicted octanol–water partition coefficient (Wildman–Crippen LogP) is 2.91. The first-order valence-electron chi connectivity index (χ1n) is 5.37. The molecule has 0 aliphatic rings. The van der Waals surface area contributed by atoms with Gasteiger partial charge in [-0.2, -0.15) is 0 Å². The highest BCUT2D eigenvalue weighted by Gasteiger charge is 2.04. The van der Waals surface area contributed by atoms with Gasteiger partial charge < -0.3 is 10.1 Å². The Kier molecular flexibility index (Phi) is 3.76. The van der Waals surface area contributed by atoms with E-state index in [1.807, 2.05) is 36.4 Å². The zero-order chi connectivity index (χ0) is 11.9. The molecule has 0 radical (unpaired) electrons. The third-order valence-electron chi connectivity index (χ3n) is 2.26. The van der Waals surface area contributed by atoms with Gasteiger partial charge in [-0.05, 0) is 24.3 Å². The number of anilines is 1. The van der Waals surface area contributed by atoms with Crippen LogP contribution in [0.1, 0.15) is 10.4 Å². The monoisotopic (exact) mass is 227 g/mol. The van der Waals surface area contributed by atoms with Gasteiger partial charge in [0.25, 0.3) is 0 Å². The summed E-state index contributed by atoms with van der Waals surface area (Å²) in [6, 6.07) is 18.5. The van der Waals surface area contributed by atoms with Crippen LogP contribution in [0.25, 0.3) is 0 Å². The van der Waals surface area contributed by atoms with Gasteiger partial charge in [0.1, 0.15) is 0 Å². The second-order valence-corrected chi connectivity index (χ2v) is 3.48. The normalized spacial score (nSPS) is 9.65. The van der Waals surface area contributed by atoms with E-state index in [9.17, 15) is 4.79 Å². The molecule has 3 nitrogen and oxygen atoms in total. The summed E-state index contributed by atoms with van der Waals surface area (Å²) in [7, 11) is 0. The summed E-state index contributed by atoms with van der Waals surface area (Å²) < 4.78 is 5.08. The van der Waals surface area contributed by atoms with Gasteiger partial charge in [0, 0.05) is 5.69 Å². The van der Waals surface area contributed by atoms with Gasteiger partial charge in [-0.3, -0.25) is 0 Å². The summed E-state index contributed by atoms with van der Waals surface area (Å²) in [6.07, 6.45) is 0. The molecule has 2 aromatic rings. The molecule has 0 aliphatic heterocycles. The lowest BCUT2D eigenvalue weighted by atomic mass is 10.2. The quantitative estimate of drug-likeness (QED) is 0.644. The zero-order valence-corrected chi connectivity index (χ0v) is 9.30. The number of carbonyl (C=O) groups excluding carboxylic acids is 1. The molecule has 3 heteroatoms. The topological polar surface area (TPSA) is 38.3 Å². The number of rotatable bonds is 4. The summed E-state index contributed by atoms with van der Waals surface area (Å²) >= 11 is 0. The molecule has 0 heterocycles. The van der Waals surface area contributed by atoms with Gasteiger partial charge in [-0.15, -0.1) is 0 Å². The number of hydrogen-bond donors (Lipinski definition) is 1. The van der Waals surface area contributed by atoms with Crippen molar-refractivity contribution in [3.05, 3.63) is 66.2 Å². The molecule has 0 saturated heterocycles. The molecular weight excluding hydrogens is 214 g/mol. The van der Waals surface area contributed by atoms with E-state index in [0.29, 0.717) is 5.56 Å². The number of esters is 1. The molecule has 0 bridgehead atoms. The molecule has 0 fully saturated rings. The second-order valence-electron chi connectivity index (χ2n) is 3.48. The standard InChI is InChI=1S/C14H13NO2/c16-14(12-7-3-1-4-8-12)17-11-15-13-9-5-2-6-10-13/h1-10,15H,11H2. The van der Waals surface area contributed by atoms with Gasteiger partial charge >= 0.3 is 5.97 Å². The fourth-order valence-electron chi connectivity index (χ4n) is 1.40. The van der Waals surface area contributed by atoms with E-state index in [1.165, 1.54) is 0 Å². The number of ether oxygens (including phenoxy) is 1. The SMILES string of the molecule is O=C(OCNc1ccccc1)c1ccccc1. The zero-order valence-electron chi connectivity index (χ0n) is 9.30. The molecule has 0 amide bonds. The van der Waals surface area contributed by atoms with Crippen molar-refractivity contribution >= 4 is 11.7 Å². The van der Waals surface area contributed by atoms with Crippen LogP contribution in [0.3, 0.4) is 0 Å². The number of carbonyl (C=O) groups is 1. The Morgan fingerprint density at radius 2 is 1.53 bits per heavy atom. The van der Waals surface area contributed by atoms with Gasteiger partial charge in [-0.1, -0.05) is 36.4 Å². The first-order chi connectivity index (χ1) is 8.36. The van der Waals surface area contributed by atoms with Crippen LogP contribution < -0.4 is 5.32 Å². The van der Waals surface area contributed by atoms with Crippen LogP contribution in [-0.4, -0.2) is 12.7 Å². The lowest BCUT2D eigenvalue weighted by Crippen LogP contribution is -2.12. The van der Waals surface area contributed by atoms with Gasteiger partial charge in [0.05, 0.1) is 5.56 Å². The maximum Gasteiger partial charge on any atom is 0.339 e. The molecule has 17 heavy (non-hydrogen) atoms. The second kappa shape index (κ2) is 5.70. The lowest BCUT2D eigenvalue weighted by molar-refractivity contribution is 0.0534. The van der Waals surface area contributed by atoms with Crippen LogP contribution in [0.2, 0.25) is 0 Å². The van der Waals surface area contributed by atoms with Crippen LogP contribution >= 0.6 is 0 Å². The Morgan fingerprint density at radius 3 is 2.18 bits per heavy atom. The Bertz CT molecular complexity index is 468. The Morgan fingerprint density at radius 1 is 0.941 bits per heavy atom. The third kappa shape index (κ3) is 3.34. The molecule has 0 spiro atoms. The van der Waals surface area contributed by atoms with Gasteiger partial charge in [0.2, 0.25) is 0 Å². The summed E-state index contributed by atoms with van der Waals surface area (Å²) in [5.41, 5.74) is 1.48. The highest BCUT2D eigenvalue weighted by atomic mass is 16.5. The third-order valence-corrected chi connectivity index (χ3v) is 2.26. The van der Waals surface area contributed by atoms with Gasteiger partial charge in [-0.25, -0.2) is 4.79 Å². The average molecular weight is 227 g/mol. The summed E-state index contributed by atoms with van der Waals surface area (Å²) in [4.78, 5) is 11.6. The van der Waals surface area contributed by atoms with Crippen molar-refractivity contribution in [2.75, 3.05) is 12.0 Å². The van der Waals surface area contributed by atoms with Crippen LogP contribution in [0.5, 0.6) is 0 Å². The maximum atomic E-state index is 11.6. The maximum absolute atomic E-state index is 11.6. The smallest absolute Gasteiger partial charge is 0.339 e. The highest BCUT2D eigenvalue weighted by Crippen LogP contribution is 2.05. The molecule has 0 saturated carbocycles. The van der Waals surface area contributed by atoms with E-state index in [1.54, 1.807) is 24.3 Å². The Labute approximate surface area is 100 Å². The van der Waals surface area contributed by atoms with Crippen molar-refractivity contribution in [3.8, 4) is 0 Å². The summed E-state index contributed by atoms with van der Waals surface area (Å²) in [6.45, 7) is 0.164. The van der Waals surface area contributed by atoms with Crippen LogP contribution in [0.4, 0.5) is 5.69 Å². The minimum Gasteiger partial charge on any atom is -0.441 e. The van der Waals surface area contributed by atoms with Crippen LogP contribution in [0.15, 0.2) is 60.7 Å². The Balaban J connectivity index is 1.82. The number of hydrogen-bond acceptors (Lipinski definition) is 3. The van der Waals surface area contributed by atoms with Crippen molar-refractivity contribution in [3.63, 3.8) is 0 Å². The van der Waals surface area contributed by atoms with Crippen molar-refractivity contribution < 1.29 is 9.53 Å². The molecule has 0 unspecified atom stereocenters. The molecule has 2 rings (SSSR count). The van der Waals surface area contributed by atoms with E-state index < -0.39 is 0 Å². The molecule has 1 N–H and O–H groups in total. The first kappa shape index (κ1) is 11.2. The first-order valence-corrected chi connectivity index (χ1v) is 5.37. The van der Waals surface area contributed by atoms with E-state index in [0.717, 1.165) is 5.69 Å². The molecule has 0 aliphatic carbocycles. The van der Waals surface area contributed by atoms with Crippen LogP contribution in [-0.2, 0) is 4.74 Å². The number of nitrogens with one attached hydrogen (secondary N) is 1. The van der Waals surface area contributed by atoms with E-state index in [4.69, 9.17) is 4.74 Å². The number of para-hydroxylation sites is 1.